The van der Waals surface area contributed by atoms with Crippen LogP contribution in [0.5, 0.6) is 0 Å². The number of nitriles is 1. The van der Waals surface area contributed by atoms with Gasteiger partial charge in [0.05, 0.1) is 17.3 Å². The highest BCUT2D eigenvalue weighted by Crippen LogP contribution is 2.05. The predicted molar refractivity (Wildman–Crippen MR) is 46.8 cm³/mol. The van der Waals surface area contributed by atoms with E-state index in [2.05, 4.69) is 9.52 Å². The van der Waals surface area contributed by atoms with E-state index < -0.39 is 5.76 Å². The van der Waals surface area contributed by atoms with Gasteiger partial charge in [-0.15, -0.1) is 5.10 Å². The summed E-state index contributed by atoms with van der Waals surface area (Å²) in [5, 5.41) is 12.3. The molecule has 0 unspecified atom stereocenters. The van der Waals surface area contributed by atoms with E-state index in [-0.39, 0.29) is 0 Å². The Morgan fingerprint density at radius 3 is 2.57 bits per heavy atom. The van der Waals surface area contributed by atoms with Crippen LogP contribution in [0, 0.1) is 11.3 Å². The number of aromatic nitrogens is 2. The second-order valence-corrected chi connectivity index (χ2v) is 2.58. The highest BCUT2D eigenvalue weighted by Gasteiger charge is 2.02. The van der Waals surface area contributed by atoms with E-state index in [1.54, 1.807) is 24.3 Å². The molecule has 0 aliphatic carbocycles. The summed E-state index contributed by atoms with van der Waals surface area (Å²) in [7, 11) is 0. The molecule has 0 aliphatic rings. The van der Waals surface area contributed by atoms with Gasteiger partial charge < -0.3 is 4.42 Å². The van der Waals surface area contributed by atoms with Crippen LogP contribution in [0.15, 0.2) is 39.9 Å². The number of benzene rings is 1. The van der Waals surface area contributed by atoms with Crippen LogP contribution in [0.25, 0.3) is 5.69 Å². The molecule has 0 amide bonds. The maximum Gasteiger partial charge on any atom is 0.441 e. The minimum absolute atomic E-state index is 0.533. The summed E-state index contributed by atoms with van der Waals surface area (Å²) < 4.78 is 5.62. The zero-order chi connectivity index (χ0) is 9.97. The normalized spacial score (nSPS) is 9.64. The molecule has 0 saturated heterocycles. The van der Waals surface area contributed by atoms with Gasteiger partial charge in [0.15, 0.2) is 0 Å². The lowest BCUT2D eigenvalue weighted by Gasteiger charge is -1.96. The fourth-order valence-corrected chi connectivity index (χ4v) is 1.06. The van der Waals surface area contributed by atoms with Gasteiger partial charge in [-0.2, -0.15) is 9.94 Å². The summed E-state index contributed by atoms with van der Waals surface area (Å²) >= 11 is 0. The molecule has 5 nitrogen and oxygen atoms in total. The minimum atomic E-state index is -0.547. The molecule has 0 saturated carbocycles. The summed E-state index contributed by atoms with van der Waals surface area (Å²) in [4.78, 5) is 11.0. The molecule has 5 heteroatoms. The lowest BCUT2D eigenvalue weighted by atomic mass is 10.2. The van der Waals surface area contributed by atoms with Crippen LogP contribution >= 0.6 is 0 Å². The van der Waals surface area contributed by atoms with Crippen molar-refractivity contribution in [2.45, 2.75) is 0 Å². The van der Waals surface area contributed by atoms with Crippen molar-refractivity contribution >= 4 is 0 Å². The molecule has 0 radical (unpaired) electrons. The summed E-state index contributed by atoms with van der Waals surface area (Å²) in [6.07, 6.45) is 1.07. The molecule has 0 aliphatic heterocycles. The van der Waals surface area contributed by atoms with Gasteiger partial charge in [-0.3, -0.25) is 0 Å². The largest absolute Gasteiger partial charge is 0.441 e. The first-order chi connectivity index (χ1) is 6.81. The zero-order valence-electron chi connectivity index (χ0n) is 7.04. The maximum absolute atomic E-state index is 11.0. The van der Waals surface area contributed by atoms with Gasteiger partial charge >= 0.3 is 5.76 Å². The van der Waals surface area contributed by atoms with Crippen LogP contribution in [-0.4, -0.2) is 9.78 Å². The van der Waals surface area contributed by atoms with Gasteiger partial charge in [0, 0.05) is 0 Å². The van der Waals surface area contributed by atoms with Crippen LogP contribution in [0.1, 0.15) is 5.56 Å². The molecule has 1 heterocycles. The minimum Gasteiger partial charge on any atom is -0.395 e. The Labute approximate surface area is 78.8 Å². The van der Waals surface area contributed by atoms with E-state index in [0.717, 1.165) is 11.1 Å². The lowest BCUT2D eigenvalue weighted by Crippen LogP contribution is -2.13. The van der Waals surface area contributed by atoms with Gasteiger partial charge in [0.2, 0.25) is 6.39 Å². The Hall–Kier alpha value is -2.35. The smallest absolute Gasteiger partial charge is 0.395 e. The average molecular weight is 187 g/mol. The van der Waals surface area contributed by atoms with Crippen LogP contribution in [0.3, 0.4) is 0 Å². The van der Waals surface area contributed by atoms with Crippen molar-refractivity contribution in [3.63, 3.8) is 0 Å². The fourth-order valence-electron chi connectivity index (χ4n) is 1.06. The Morgan fingerprint density at radius 2 is 2.07 bits per heavy atom. The van der Waals surface area contributed by atoms with Gasteiger partial charge in [-0.1, -0.05) is 0 Å². The van der Waals surface area contributed by atoms with E-state index >= 15 is 0 Å². The molecule has 14 heavy (non-hydrogen) atoms. The van der Waals surface area contributed by atoms with Crippen molar-refractivity contribution in [2.75, 3.05) is 0 Å². The van der Waals surface area contributed by atoms with E-state index in [1.165, 1.54) is 0 Å². The number of hydrogen-bond donors (Lipinski definition) is 0. The Bertz CT molecular complexity index is 530. The van der Waals surface area contributed by atoms with Crippen molar-refractivity contribution in [1.29, 1.82) is 5.26 Å². The molecule has 1 aromatic carbocycles. The topological polar surface area (TPSA) is 71.8 Å². The predicted octanol–water partition coefficient (Wildman–Crippen LogP) is 0.697. The zero-order valence-corrected chi connectivity index (χ0v) is 7.04. The second-order valence-electron chi connectivity index (χ2n) is 2.58. The first-order valence-electron chi connectivity index (χ1n) is 3.84. The molecule has 0 bridgehead atoms. The van der Waals surface area contributed by atoms with Crippen molar-refractivity contribution in [3.05, 3.63) is 46.8 Å². The first-order valence-corrected chi connectivity index (χ1v) is 3.84. The Morgan fingerprint density at radius 1 is 1.36 bits per heavy atom. The second kappa shape index (κ2) is 3.18. The number of rotatable bonds is 1. The molecular weight excluding hydrogens is 182 g/mol. The van der Waals surface area contributed by atoms with Crippen LogP contribution in [0.4, 0.5) is 0 Å². The summed E-state index contributed by atoms with van der Waals surface area (Å²) in [6.45, 7) is 0. The molecule has 1 aromatic heterocycles. The highest BCUT2D eigenvalue weighted by atomic mass is 16.4. The van der Waals surface area contributed by atoms with E-state index in [9.17, 15) is 4.79 Å². The van der Waals surface area contributed by atoms with Gasteiger partial charge in [-0.25, -0.2) is 4.79 Å². The van der Waals surface area contributed by atoms with Gasteiger partial charge in [-0.05, 0) is 24.3 Å². The maximum atomic E-state index is 11.0. The van der Waals surface area contributed by atoms with E-state index in [0.29, 0.717) is 11.3 Å². The summed E-state index contributed by atoms with van der Waals surface area (Å²) in [5.74, 6) is -0.547. The number of hydrogen-bond acceptors (Lipinski definition) is 4. The molecule has 0 N–H and O–H groups in total. The van der Waals surface area contributed by atoms with Crippen LogP contribution < -0.4 is 5.76 Å². The molecule has 0 spiro atoms. The van der Waals surface area contributed by atoms with Crippen molar-refractivity contribution in [2.24, 2.45) is 0 Å². The molecule has 2 rings (SSSR count). The highest BCUT2D eigenvalue weighted by molar-refractivity contribution is 5.38. The van der Waals surface area contributed by atoms with Crippen LogP contribution in [0.2, 0.25) is 0 Å². The van der Waals surface area contributed by atoms with Crippen LogP contribution in [-0.2, 0) is 0 Å². The Kier molecular flexibility index (Phi) is 1.88. The third-order valence-corrected chi connectivity index (χ3v) is 1.73. The Balaban J connectivity index is 2.50. The van der Waals surface area contributed by atoms with Crippen molar-refractivity contribution in [3.8, 4) is 11.8 Å². The molecule has 0 atom stereocenters. The standard InChI is InChI=1S/C9H5N3O2/c10-5-7-1-3-8(4-2-7)12-9(13)14-6-11-12/h1-4,6H. The first kappa shape index (κ1) is 8.26. The monoisotopic (exact) mass is 187 g/mol. The summed E-state index contributed by atoms with van der Waals surface area (Å²) in [6, 6.07) is 8.45. The SMILES string of the molecule is N#Cc1ccc(-n2ncoc2=O)cc1. The third kappa shape index (κ3) is 1.29. The average Bonchev–Trinajstić information content (AvgIpc) is 2.65. The molecular formula is C9H5N3O2. The fraction of sp³-hybridized carbons (Fsp3) is 0. The lowest BCUT2D eigenvalue weighted by molar-refractivity contribution is 0.503. The molecule has 0 fully saturated rings. The summed E-state index contributed by atoms with van der Waals surface area (Å²) in [5.41, 5.74) is 1.10. The van der Waals surface area contributed by atoms with Crippen molar-refractivity contribution in [1.82, 2.24) is 9.78 Å². The third-order valence-electron chi connectivity index (χ3n) is 1.73. The van der Waals surface area contributed by atoms with Crippen molar-refractivity contribution < 1.29 is 4.42 Å². The van der Waals surface area contributed by atoms with E-state index in [1.807, 2.05) is 6.07 Å². The quantitative estimate of drug-likeness (QED) is 0.658. The molecule has 68 valence electrons. The van der Waals surface area contributed by atoms with E-state index in [4.69, 9.17) is 5.26 Å². The van der Waals surface area contributed by atoms with Gasteiger partial charge in [0.25, 0.3) is 0 Å². The number of nitrogens with zero attached hydrogens (tertiary/aromatic N) is 3. The molecule has 2 aromatic rings. The van der Waals surface area contributed by atoms with Gasteiger partial charge in [0.1, 0.15) is 0 Å².